The number of aromatic nitrogens is 3. The molecule has 7 nitrogen and oxygen atoms in total. The van der Waals surface area contributed by atoms with Gasteiger partial charge in [0.1, 0.15) is 17.2 Å². The van der Waals surface area contributed by atoms with Gasteiger partial charge >= 0.3 is 0 Å². The lowest BCUT2D eigenvalue weighted by Crippen LogP contribution is -2.50. The van der Waals surface area contributed by atoms with E-state index >= 15 is 0 Å². The van der Waals surface area contributed by atoms with Gasteiger partial charge in [0.25, 0.3) is 0 Å². The molecule has 1 unspecified atom stereocenters. The summed E-state index contributed by atoms with van der Waals surface area (Å²) in [5.74, 6) is 2.22. The summed E-state index contributed by atoms with van der Waals surface area (Å²) in [7, 11) is 0. The molecule has 1 amide bonds. The molecule has 1 aliphatic heterocycles. The molecule has 3 rings (SSSR count). The first kappa shape index (κ1) is 17.9. The van der Waals surface area contributed by atoms with Crippen molar-refractivity contribution in [3.63, 3.8) is 0 Å². The molecule has 25 heavy (non-hydrogen) atoms. The number of piperidine rings is 1. The van der Waals surface area contributed by atoms with E-state index in [9.17, 15) is 10.1 Å². The average Bonchev–Trinajstić information content (AvgIpc) is 3.15. The second-order valence-corrected chi connectivity index (χ2v) is 7.58. The van der Waals surface area contributed by atoms with Crippen molar-refractivity contribution in [2.75, 3.05) is 19.6 Å². The van der Waals surface area contributed by atoms with Gasteiger partial charge < -0.3 is 5.32 Å². The molecule has 1 aliphatic carbocycles. The van der Waals surface area contributed by atoms with Crippen LogP contribution < -0.4 is 5.32 Å². The van der Waals surface area contributed by atoms with Gasteiger partial charge in [0.15, 0.2) is 0 Å². The summed E-state index contributed by atoms with van der Waals surface area (Å²) in [4.78, 5) is 19.0. The largest absolute Gasteiger partial charge is 0.337 e. The molecule has 1 aromatic rings. The number of carbonyl (C=O) groups is 1. The zero-order chi connectivity index (χ0) is 17.9. The first-order valence-corrected chi connectivity index (χ1v) is 9.32. The number of nitrogens with zero attached hydrogens (tertiary/aromatic N) is 5. The Morgan fingerprint density at radius 1 is 1.36 bits per heavy atom. The Balaban J connectivity index is 1.52. The molecule has 1 saturated carbocycles. The second-order valence-electron chi connectivity index (χ2n) is 7.58. The predicted molar refractivity (Wildman–Crippen MR) is 93.6 cm³/mol. The molecule has 1 aromatic heterocycles. The van der Waals surface area contributed by atoms with E-state index < -0.39 is 5.54 Å². The molecule has 1 atom stereocenters. The van der Waals surface area contributed by atoms with Crippen molar-refractivity contribution < 1.29 is 4.79 Å². The van der Waals surface area contributed by atoms with Gasteiger partial charge in [0.2, 0.25) is 5.91 Å². The zero-order valence-corrected chi connectivity index (χ0v) is 15.3. The van der Waals surface area contributed by atoms with Crippen LogP contribution in [-0.2, 0) is 11.3 Å². The highest BCUT2D eigenvalue weighted by atomic mass is 16.2. The molecule has 2 fully saturated rings. The lowest BCUT2D eigenvalue weighted by atomic mass is 9.97. The topological polar surface area (TPSA) is 86.8 Å². The minimum atomic E-state index is -0.623. The minimum absolute atomic E-state index is 0.0168. The van der Waals surface area contributed by atoms with Gasteiger partial charge in [-0.2, -0.15) is 10.4 Å². The van der Waals surface area contributed by atoms with Gasteiger partial charge in [-0.25, -0.2) is 9.67 Å². The Morgan fingerprint density at radius 3 is 2.76 bits per heavy atom. The van der Waals surface area contributed by atoms with Gasteiger partial charge in [-0.15, -0.1) is 0 Å². The van der Waals surface area contributed by atoms with E-state index in [1.54, 1.807) is 0 Å². The number of aryl methyl sites for hydroxylation is 2. The number of carbonyl (C=O) groups excluding carboxylic acids is 1. The molecular weight excluding hydrogens is 316 g/mol. The molecular formula is C18H28N6O. The van der Waals surface area contributed by atoms with Crippen LogP contribution in [-0.4, -0.2) is 50.7 Å². The van der Waals surface area contributed by atoms with E-state index in [0.29, 0.717) is 12.5 Å². The fourth-order valence-corrected chi connectivity index (χ4v) is 4.18. The van der Waals surface area contributed by atoms with Crippen LogP contribution in [0.25, 0.3) is 0 Å². The van der Waals surface area contributed by atoms with Crippen molar-refractivity contribution in [2.45, 2.75) is 64.5 Å². The van der Waals surface area contributed by atoms with E-state index in [4.69, 9.17) is 0 Å². The molecule has 1 saturated heterocycles. The Bertz CT molecular complexity index is 655. The summed E-state index contributed by atoms with van der Waals surface area (Å²) >= 11 is 0. The number of nitrogens with one attached hydrogen (secondary N) is 1. The van der Waals surface area contributed by atoms with Crippen LogP contribution in [0.2, 0.25) is 0 Å². The fourth-order valence-electron chi connectivity index (χ4n) is 4.18. The Kier molecular flexibility index (Phi) is 5.38. The zero-order valence-electron chi connectivity index (χ0n) is 15.3. The molecule has 0 aromatic carbocycles. The first-order valence-electron chi connectivity index (χ1n) is 9.32. The Morgan fingerprint density at radius 2 is 2.12 bits per heavy atom. The van der Waals surface area contributed by atoms with Crippen molar-refractivity contribution >= 4 is 5.91 Å². The van der Waals surface area contributed by atoms with Crippen molar-refractivity contribution in [3.05, 3.63) is 11.6 Å². The number of likely N-dealkylation sites (tertiary alicyclic amines) is 1. The number of nitriles is 1. The summed E-state index contributed by atoms with van der Waals surface area (Å²) in [6.45, 7) is 6.97. The van der Waals surface area contributed by atoms with Crippen LogP contribution in [0.1, 0.15) is 50.2 Å². The van der Waals surface area contributed by atoms with Gasteiger partial charge in [0.05, 0.1) is 12.6 Å². The van der Waals surface area contributed by atoms with Crippen LogP contribution in [0.3, 0.4) is 0 Å². The number of hydrogen-bond donors (Lipinski definition) is 1. The maximum absolute atomic E-state index is 12.4. The highest BCUT2D eigenvalue weighted by molar-refractivity contribution is 5.79. The molecule has 0 spiro atoms. The van der Waals surface area contributed by atoms with Crippen LogP contribution in [0, 0.1) is 31.1 Å². The maximum atomic E-state index is 12.4. The Hall–Kier alpha value is -1.94. The van der Waals surface area contributed by atoms with Crippen molar-refractivity contribution in [1.82, 2.24) is 25.0 Å². The maximum Gasteiger partial charge on any atom is 0.235 e. The molecule has 2 heterocycles. The summed E-state index contributed by atoms with van der Waals surface area (Å²) in [6, 6.07) is 2.33. The molecule has 7 heteroatoms. The third-order valence-electron chi connectivity index (χ3n) is 5.41. The SMILES string of the molecule is Cc1nc(C)n(CC2CCCN(CC(=O)NC3(C#N)CCCC3)C2)n1. The summed E-state index contributed by atoms with van der Waals surface area (Å²) in [5.41, 5.74) is -0.623. The summed E-state index contributed by atoms with van der Waals surface area (Å²) in [5, 5.41) is 16.9. The van der Waals surface area contributed by atoms with Crippen molar-refractivity contribution in [1.29, 1.82) is 5.26 Å². The number of amides is 1. The first-order chi connectivity index (χ1) is 12.0. The average molecular weight is 344 g/mol. The summed E-state index contributed by atoms with van der Waals surface area (Å²) in [6.07, 6.45) is 5.85. The second kappa shape index (κ2) is 7.52. The quantitative estimate of drug-likeness (QED) is 0.876. The van der Waals surface area contributed by atoms with Crippen LogP contribution >= 0.6 is 0 Å². The van der Waals surface area contributed by atoms with E-state index in [1.165, 1.54) is 0 Å². The summed E-state index contributed by atoms with van der Waals surface area (Å²) < 4.78 is 1.98. The standard InChI is InChI=1S/C18H28N6O/c1-14-20-15(2)24(22-14)11-16-6-5-9-23(10-16)12-17(25)21-18(13-19)7-3-4-8-18/h16H,3-12H2,1-2H3,(H,21,25). The van der Waals surface area contributed by atoms with E-state index in [-0.39, 0.29) is 5.91 Å². The molecule has 2 aliphatic rings. The van der Waals surface area contributed by atoms with Crippen molar-refractivity contribution in [3.8, 4) is 6.07 Å². The minimum Gasteiger partial charge on any atom is -0.337 e. The predicted octanol–water partition coefficient (Wildman–Crippen LogP) is 1.56. The molecule has 0 bridgehead atoms. The lowest BCUT2D eigenvalue weighted by molar-refractivity contribution is -0.124. The third kappa shape index (κ3) is 4.37. The third-order valence-corrected chi connectivity index (χ3v) is 5.41. The Labute approximate surface area is 149 Å². The fraction of sp³-hybridized carbons (Fsp3) is 0.778. The molecule has 136 valence electrons. The highest BCUT2D eigenvalue weighted by Gasteiger charge is 2.35. The van der Waals surface area contributed by atoms with E-state index in [2.05, 4.69) is 26.4 Å². The smallest absolute Gasteiger partial charge is 0.235 e. The number of hydrogen-bond acceptors (Lipinski definition) is 5. The van der Waals surface area contributed by atoms with Gasteiger partial charge in [-0.3, -0.25) is 9.69 Å². The van der Waals surface area contributed by atoms with Gasteiger partial charge in [0, 0.05) is 13.1 Å². The number of rotatable bonds is 5. The molecule has 1 N–H and O–H groups in total. The van der Waals surface area contributed by atoms with Crippen LogP contribution in [0.4, 0.5) is 0 Å². The van der Waals surface area contributed by atoms with Crippen LogP contribution in [0.5, 0.6) is 0 Å². The molecule has 0 radical (unpaired) electrons. The van der Waals surface area contributed by atoms with Gasteiger partial charge in [-0.1, -0.05) is 0 Å². The van der Waals surface area contributed by atoms with E-state index in [0.717, 1.165) is 69.8 Å². The lowest BCUT2D eigenvalue weighted by Gasteiger charge is -2.33. The monoisotopic (exact) mass is 344 g/mol. The normalized spacial score (nSPS) is 23.3. The highest BCUT2D eigenvalue weighted by Crippen LogP contribution is 2.29. The van der Waals surface area contributed by atoms with Crippen molar-refractivity contribution in [2.24, 2.45) is 5.92 Å². The van der Waals surface area contributed by atoms with Crippen LogP contribution in [0.15, 0.2) is 0 Å². The van der Waals surface area contributed by atoms with Gasteiger partial charge in [-0.05, 0) is 64.8 Å². The van der Waals surface area contributed by atoms with E-state index in [1.807, 2.05) is 18.5 Å².